The third kappa shape index (κ3) is 3.01. The first-order chi connectivity index (χ1) is 20.3. The molecule has 2 nitrogen and oxygen atoms in total. The smallest absolute Gasteiger partial charge is 0.434 e. The molecule has 41 heavy (non-hydrogen) atoms. The molecule has 1 spiro atoms. The molecule has 2 aliphatic heterocycles. The van der Waals surface area contributed by atoms with Crippen LogP contribution in [-0.4, -0.2) is 8.48 Å². The summed E-state index contributed by atoms with van der Waals surface area (Å²) in [7, 11) is -3.13. The molecule has 3 heteroatoms. The first kappa shape index (κ1) is 22.7. The average molecular weight is 540 g/mol. The molecule has 9 rings (SSSR count). The van der Waals surface area contributed by atoms with Crippen molar-refractivity contribution in [3.05, 3.63) is 152 Å². The summed E-state index contributed by atoms with van der Waals surface area (Å²) in [4.78, 5) is 0. The van der Waals surface area contributed by atoms with Crippen LogP contribution < -0.4 is 19.4 Å². The maximum Gasteiger partial charge on any atom is 0.434 e. The van der Waals surface area contributed by atoms with Gasteiger partial charge in [0.25, 0.3) is 0 Å². The van der Waals surface area contributed by atoms with Gasteiger partial charge in [0.2, 0.25) is 0 Å². The van der Waals surface area contributed by atoms with Crippen molar-refractivity contribution in [2.45, 2.75) is 0 Å². The standard InChI is InChI=1S/C38H25NOSi/c1-2-14-28(15-3-1)39-33-24-22-26-12-4-6-16-29(26)37(33)38-30-17-7-5-13-27(30)23-25-34(38)40-41(39)35-20-10-8-18-31(35)32-19-9-11-21-36(32)41/h1-25H. The van der Waals surface area contributed by atoms with E-state index < -0.39 is 8.48 Å². The lowest BCUT2D eigenvalue weighted by molar-refractivity contribution is 0.569. The highest BCUT2D eigenvalue weighted by Gasteiger charge is 2.58. The van der Waals surface area contributed by atoms with E-state index >= 15 is 0 Å². The molecular formula is C38H25NOSi. The molecule has 0 saturated heterocycles. The largest absolute Gasteiger partial charge is 0.518 e. The van der Waals surface area contributed by atoms with Crippen LogP contribution in [0.5, 0.6) is 5.75 Å². The van der Waals surface area contributed by atoms with Crippen LogP contribution in [0, 0.1) is 0 Å². The zero-order valence-electron chi connectivity index (χ0n) is 22.3. The summed E-state index contributed by atoms with van der Waals surface area (Å²) in [5.41, 5.74) is 7.25. The molecule has 2 heterocycles. The summed E-state index contributed by atoms with van der Waals surface area (Å²) in [5, 5.41) is 7.45. The molecule has 0 amide bonds. The number of nitrogens with zero attached hydrogens (tertiary/aromatic N) is 1. The second-order valence-electron chi connectivity index (χ2n) is 10.8. The van der Waals surface area contributed by atoms with Gasteiger partial charge in [0.05, 0.1) is 0 Å². The molecule has 0 saturated carbocycles. The van der Waals surface area contributed by atoms with Crippen LogP contribution in [0.15, 0.2) is 152 Å². The lowest BCUT2D eigenvalue weighted by Crippen LogP contribution is -2.71. The minimum atomic E-state index is -3.13. The van der Waals surface area contributed by atoms with Crippen LogP contribution in [0.2, 0.25) is 0 Å². The van der Waals surface area contributed by atoms with Gasteiger partial charge in [-0.1, -0.05) is 127 Å². The average Bonchev–Trinajstić information content (AvgIpc) is 3.22. The Bertz CT molecular complexity index is 2110. The van der Waals surface area contributed by atoms with E-state index in [1.165, 1.54) is 59.9 Å². The Morgan fingerprint density at radius 2 is 0.976 bits per heavy atom. The highest BCUT2D eigenvalue weighted by Crippen LogP contribution is 2.52. The SMILES string of the molecule is c1ccc(N2c3ccc4ccccc4c3-c3c(ccc4ccccc34)O[Si]23c2ccccc2-c2ccccc23)cc1. The van der Waals surface area contributed by atoms with E-state index in [0.29, 0.717) is 0 Å². The second kappa shape index (κ2) is 8.44. The molecule has 0 aromatic heterocycles. The molecule has 0 atom stereocenters. The fourth-order valence-corrected chi connectivity index (χ4v) is 11.5. The van der Waals surface area contributed by atoms with Gasteiger partial charge in [0, 0.05) is 32.9 Å². The number of para-hydroxylation sites is 1. The third-order valence-corrected chi connectivity index (χ3v) is 12.7. The van der Waals surface area contributed by atoms with Crippen molar-refractivity contribution in [2.75, 3.05) is 4.57 Å². The van der Waals surface area contributed by atoms with E-state index in [1.54, 1.807) is 0 Å². The fourth-order valence-electron chi connectivity index (χ4n) is 7.10. The quantitative estimate of drug-likeness (QED) is 0.194. The highest BCUT2D eigenvalue weighted by atomic mass is 28.4. The van der Waals surface area contributed by atoms with Gasteiger partial charge < -0.3 is 8.99 Å². The summed E-state index contributed by atoms with van der Waals surface area (Å²) in [5.74, 6) is 0.943. The van der Waals surface area contributed by atoms with Gasteiger partial charge in [-0.3, -0.25) is 0 Å². The topological polar surface area (TPSA) is 12.5 Å². The molecule has 0 aliphatic carbocycles. The van der Waals surface area contributed by atoms with Crippen molar-refractivity contribution in [3.8, 4) is 28.0 Å². The minimum Gasteiger partial charge on any atom is -0.518 e. The molecule has 0 N–H and O–H groups in total. The molecule has 0 bridgehead atoms. The Morgan fingerprint density at radius 3 is 1.66 bits per heavy atom. The molecular weight excluding hydrogens is 515 g/mol. The van der Waals surface area contributed by atoms with E-state index in [1.807, 2.05) is 0 Å². The molecule has 7 aromatic rings. The number of hydrogen-bond acceptors (Lipinski definition) is 2. The van der Waals surface area contributed by atoms with Crippen molar-refractivity contribution < 1.29 is 4.43 Å². The Balaban J connectivity index is 1.53. The van der Waals surface area contributed by atoms with Crippen molar-refractivity contribution in [1.82, 2.24) is 0 Å². The Hall–Kier alpha value is -5.12. The van der Waals surface area contributed by atoms with E-state index in [-0.39, 0.29) is 0 Å². The van der Waals surface area contributed by atoms with Crippen molar-refractivity contribution >= 4 is 51.8 Å². The zero-order chi connectivity index (χ0) is 27.0. The van der Waals surface area contributed by atoms with Gasteiger partial charge >= 0.3 is 8.48 Å². The molecule has 2 aliphatic rings. The molecule has 0 unspecified atom stereocenters. The molecule has 192 valence electrons. The van der Waals surface area contributed by atoms with Crippen LogP contribution in [0.3, 0.4) is 0 Å². The normalized spacial score (nSPS) is 14.2. The van der Waals surface area contributed by atoms with Crippen molar-refractivity contribution in [1.29, 1.82) is 0 Å². The van der Waals surface area contributed by atoms with Crippen LogP contribution >= 0.6 is 0 Å². The maximum absolute atomic E-state index is 7.73. The Labute approximate surface area is 239 Å². The van der Waals surface area contributed by atoms with Gasteiger partial charge in [0.15, 0.2) is 0 Å². The first-order valence-electron chi connectivity index (χ1n) is 14.1. The summed E-state index contributed by atoms with van der Waals surface area (Å²) in [6.07, 6.45) is 0. The van der Waals surface area contributed by atoms with E-state index in [4.69, 9.17) is 4.43 Å². The highest BCUT2D eigenvalue weighted by molar-refractivity contribution is 7.05. The molecule has 0 radical (unpaired) electrons. The number of hydrogen-bond donors (Lipinski definition) is 0. The van der Waals surface area contributed by atoms with E-state index in [2.05, 4.69) is 156 Å². The molecule has 7 aromatic carbocycles. The summed E-state index contributed by atoms with van der Waals surface area (Å²) in [6, 6.07) is 55.0. The van der Waals surface area contributed by atoms with Gasteiger partial charge in [0.1, 0.15) is 5.75 Å². The summed E-state index contributed by atoms with van der Waals surface area (Å²) in [6.45, 7) is 0. The predicted molar refractivity (Wildman–Crippen MR) is 173 cm³/mol. The van der Waals surface area contributed by atoms with Crippen LogP contribution in [0.1, 0.15) is 0 Å². The van der Waals surface area contributed by atoms with Crippen molar-refractivity contribution in [3.63, 3.8) is 0 Å². The molecule has 0 fully saturated rings. The zero-order valence-corrected chi connectivity index (χ0v) is 23.3. The second-order valence-corrected chi connectivity index (χ2v) is 13.9. The number of benzene rings is 7. The number of fused-ring (bicyclic) bond motifs is 12. The Kier molecular flexibility index (Phi) is 4.66. The maximum atomic E-state index is 7.73. The van der Waals surface area contributed by atoms with Gasteiger partial charge in [-0.05, 0) is 56.9 Å². The summed E-state index contributed by atoms with van der Waals surface area (Å²) < 4.78 is 10.3. The van der Waals surface area contributed by atoms with Crippen LogP contribution in [-0.2, 0) is 0 Å². The van der Waals surface area contributed by atoms with Crippen LogP contribution in [0.4, 0.5) is 11.4 Å². The first-order valence-corrected chi connectivity index (χ1v) is 16.0. The summed E-state index contributed by atoms with van der Waals surface area (Å²) >= 11 is 0. The van der Waals surface area contributed by atoms with E-state index in [9.17, 15) is 0 Å². The lowest BCUT2D eigenvalue weighted by atomic mass is 9.91. The lowest BCUT2D eigenvalue weighted by Gasteiger charge is -2.40. The monoisotopic (exact) mass is 539 g/mol. The number of anilines is 2. The van der Waals surface area contributed by atoms with Gasteiger partial charge in [-0.25, -0.2) is 0 Å². The van der Waals surface area contributed by atoms with Crippen molar-refractivity contribution in [2.24, 2.45) is 0 Å². The van der Waals surface area contributed by atoms with Gasteiger partial charge in [-0.2, -0.15) is 0 Å². The number of rotatable bonds is 1. The Morgan fingerprint density at radius 1 is 0.439 bits per heavy atom. The minimum absolute atomic E-state index is 0.943. The van der Waals surface area contributed by atoms with Gasteiger partial charge in [-0.15, -0.1) is 0 Å². The third-order valence-electron chi connectivity index (χ3n) is 8.75. The predicted octanol–water partition coefficient (Wildman–Crippen LogP) is 8.43. The van der Waals surface area contributed by atoms with Crippen LogP contribution in [0.25, 0.3) is 43.8 Å². The fraction of sp³-hybridized carbons (Fsp3) is 0. The van der Waals surface area contributed by atoms with E-state index in [0.717, 1.165) is 11.4 Å².